The number of ether oxygens (including phenoxy) is 2. The molecular weight excluding hydrogens is 392 g/mol. The molecule has 0 bridgehead atoms. The summed E-state index contributed by atoms with van der Waals surface area (Å²) in [6, 6.07) is 13.2. The van der Waals surface area contributed by atoms with Gasteiger partial charge in [-0.15, -0.1) is 0 Å². The summed E-state index contributed by atoms with van der Waals surface area (Å²) in [6.45, 7) is 9.13. The predicted octanol–water partition coefficient (Wildman–Crippen LogP) is 3.64. The molecule has 6 heteroatoms. The molecular formula is C25H32N2O4. The second-order valence-corrected chi connectivity index (χ2v) is 8.27. The number of hydrogen-bond acceptors (Lipinski definition) is 4. The lowest BCUT2D eigenvalue weighted by atomic mass is 10.0. The van der Waals surface area contributed by atoms with Gasteiger partial charge < -0.3 is 19.7 Å². The van der Waals surface area contributed by atoms with Gasteiger partial charge >= 0.3 is 0 Å². The van der Waals surface area contributed by atoms with Crippen molar-refractivity contribution in [3.8, 4) is 11.5 Å². The van der Waals surface area contributed by atoms with Crippen molar-refractivity contribution in [2.24, 2.45) is 0 Å². The lowest BCUT2D eigenvalue weighted by Crippen LogP contribution is -2.49. The molecule has 1 N–H and O–H groups in total. The monoisotopic (exact) mass is 424 g/mol. The zero-order valence-electron chi connectivity index (χ0n) is 18.8. The third-order valence-electron chi connectivity index (χ3n) is 5.43. The van der Waals surface area contributed by atoms with Gasteiger partial charge in [0, 0.05) is 19.0 Å². The van der Waals surface area contributed by atoms with Crippen molar-refractivity contribution in [3.63, 3.8) is 0 Å². The third kappa shape index (κ3) is 6.00. The summed E-state index contributed by atoms with van der Waals surface area (Å²) in [7, 11) is 0. The van der Waals surface area contributed by atoms with E-state index in [9.17, 15) is 9.59 Å². The highest BCUT2D eigenvalue weighted by molar-refractivity contribution is 5.87. The first-order valence-electron chi connectivity index (χ1n) is 10.9. The highest BCUT2D eigenvalue weighted by Gasteiger charge is 2.26. The van der Waals surface area contributed by atoms with Crippen LogP contribution in [0.4, 0.5) is 0 Å². The average Bonchev–Trinajstić information content (AvgIpc) is 2.76. The first-order chi connectivity index (χ1) is 14.8. The minimum absolute atomic E-state index is 0.0167. The van der Waals surface area contributed by atoms with Crippen LogP contribution < -0.4 is 14.8 Å². The Morgan fingerprint density at radius 1 is 1.03 bits per heavy atom. The number of nitrogens with one attached hydrogen (secondary N) is 1. The Kier molecular flexibility index (Phi) is 7.55. The van der Waals surface area contributed by atoms with Gasteiger partial charge in [-0.3, -0.25) is 9.59 Å². The SMILES string of the molecule is Cc1ccccc1CN(C(=O)CCc1ccc2c(c1)OCCO2)C(C)C(=O)NC(C)C. The van der Waals surface area contributed by atoms with Crippen molar-refractivity contribution in [1.82, 2.24) is 10.2 Å². The fourth-order valence-electron chi connectivity index (χ4n) is 3.60. The zero-order valence-corrected chi connectivity index (χ0v) is 18.8. The van der Waals surface area contributed by atoms with Gasteiger partial charge in [0.2, 0.25) is 11.8 Å². The maximum absolute atomic E-state index is 13.2. The van der Waals surface area contributed by atoms with E-state index in [1.54, 1.807) is 11.8 Å². The van der Waals surface area contributed by atoms with Gasteiger partial charge in [-0.25, -0.2) is 0 Å². The second-order valence-electron chi connectivity index (χ2n) is 8.27. The molecule has 0 fully saturated rings. The van der Waals surface area contributed by atoms with Crippen LogP contribution in [0.25, 0.3) is 0 Å². The molecule has 31 heavy (non-hydrogen) atoms. The van der Waals surface area contributed by atoms with Gasteiger partial charge in [0.25, 0.3) is 0 Å². The van der Waals surface area contributed by atoms with Crippen LogP contribution in [0.2, 0.25) is 0 Å². The van der Waals surface area contributed by atoms with E-state index >= 15 is 0 Å². The zero-order chi connectivity index (χ0) is 22.4. The average molecular weight is 425 g/mol. The summed E-state index contributed by atoms with van der Waals surface area (Å²) in [6.07, 6.45) is 0.878. The van der Waals surface area contributed by atoms with Crippen LogP contribution in [-0.2, 0) is 22.6 Å². The van der Waals surface area contributed by atoms with E-state index < -0.39 is 6.04 Å². The maximum atomic E-state index is 13.2. The highest BCUT2D eigenvalue weighted by Crippen LogP contribution is 2.31. The summed E-state index contributed by atoms with van der Waals surface area (Å²) >= 11 is 0. The number of aryl methyl sites for hydroxylation is 2. The van der Waals surface area contributed by atoms with E-state index in [-0.39, 0.29) is 17.9 Å². The minimum atomic E-state index is -0.560. The lowest BCUT2D eigenvalue weighted by molar-refractivity contribution is -0.140. The molecule has 0 aromatic heterocycles. The first kappa shape index (κ1) is 22.7. The topological polar surface area (TPSA) is 67.9 Å². The van der Waals surface area contributed by atoms with Crippen LogP contribution in [-0.4, -0.2) is 42.0 Å². The summed E-state index contributed by atoms with van der Waals surface area (Å²) in [4.78, 5) is 27.6. The van der Waals surface area contributed by atoms with Crippen molar-refractivity contribution in [1.29, 1.82) is 0 Å². The summed E-state index contributed by atoms with van der Waals surface area (Å²) in [5, 5.41) is 2.92. The number of benzene rings is 2. The van der Waals surface area contributed by atoms with Crippen molar-refractivity contribution in [2.75, 3.05) is 13.2 Å². The number of rotatable bonds is 8. The number of amides is 2. The number of carbonyl (C=O) groups excluding carboxylic acids is 2. The van der Waals surface area contributed by atoms with E-state index in [0.29, 0.717) is 32.6 Å². The Morgan fingerprint density at radius 2 is 1.74 bits per heavy atom. The molecule has 0 saturated heterocycles. The lowest BCUT2D eigenvalue weighted by Gasteiger charge is -2.30. The Hall–Kier alpha value is -3.02. The van der Waals surface area contributed by atoms with E-state index in [2.05, 4.69) is 5.32 Å². The van der Waals surface area contributed by atoms with Crippen LogP contribution >= 0.6 is 0 Å². The molecule has 2 aromatic rings. The third-order valence-corrected chi connectivity index (χ3v) is 5.43. The Labute approximate surface area is 184 Å². The van der Waals surface area contributed by atoms with Crippen molar-refractivity contribution in [3.05, 3.63) is 59.2 Å². The number of carbonyl (C=O) groups is 2. The standard InChI is InChI=1S/C25H32N2O4/c1-17(2)26-25(29)19(4)27(16-21-8-6-5-7-18(21)3)24(28)12-10-20-9-11-22-23(15-20)31-14-13-30-22/h5-9,11,15,17,19H,10,12-14,16H2,1-4H3,(H,26,29). The largest absolute Gasteiger partial charge is 0.486 e. The summed E-state index contributed by atoms with van der Waals surface area (Å²) < 4.78 is 11.2. The smallest absolute Gasteiger partial charge is 0.242 e. The molecule has 1 heterocycles. The van der Waals surface area contributed by atoms with E-state index in [4.69, 9.17) is 9.47 Å². The molecule has 2 aromatic carbocycles. The van der Waals surface area contributed by atoms with E-state index in [0.717, 1.165) is 28.2 Å². The second kappa shape index (κ2) is 10.3. The summed E-state index contributed by atoms with van der Waals surface area (Å²) in [5.74, 6) is 1.26. The quantitative estimate of drug-likeness (QED) is 0.703. The molecule has 1 atom stereocenters. The van der Waals surface area contributed by atoms with Crippen LogP contribution in [0.1, 0.15) is 43.9 Å². The molecule has 1 aliphatic heterocycles. The molecule has 2 amide bonds. The van der Waals surface area contributed by atoms with Gasteiger partial charge in [0.05, 0.1) is 0 Å². The van der Waals surface area contributed by atoms with Crippen molar-refractivity contribution in [2.45, 2.75) is 59.2 Å². The van der Waals surface area contributed by atoms with Crippen LogP contribution in [0.15, 0.2) is 42.5 Å². The molecule has 6 nitrogen and oxygen atoms in total. The molecule has 0 aliphatic carbocycles. The predicted molar refractivity (Wildman–Crippen MR) is 120 cm³/mol. The molecule has 1 aliphatic rings. The molecule has 0 saturated carbocycles. The van der Waals surface area contributed by atoms with Crippen molar-refractivity contribution < 1.29 is 19.1 Å². The Balaban J connectivity index is 1.73. The Morgan fingerprint density at radius 3 is 2.45 bits per heavy atom. The van der Waals surface area contributed by atoms with E-state index in [1.807, 2.05) is 63.2 Å². The normalized spacial score (nSPS) is 13.6. The van der Waals surface area contributed by atoms with Crippen LogP contribution in [0.3, 0.4) is 0 Å². The number of nitrogens with zero attached hydrogens (tertiary/aromatic N) is 1. The minimum Gasteiger partial charge on any atom is -0.486 e. The molecule has 0 radical (unpaired) electrons. The van der Waals surface area contributed by atoms with Crippen LogP contribution in [0, 0.1) is 6.92 Å². The van der Waals surface area contributed by atoms with Gasteiger partial charge in [0.15, 0.2) is 11.5 Å². The molecule has 3 rings (SSSR count). The number of hydrogen-bond donors (Lipinski definition) is 1. The highest BCUT2D eigenvalue weighted by atomic mass is 16.6. The summed E-state index contributed by atoms with van der Waals surface area (Å²) in [5.41, 5.74) is 3.15. The van der Waals surface area contributed by atoms with Gasteiger partial charge in [0.1, 0.15) is 19.3 Å². The van der Waals surface area contributed by atoms with Gasteiger partial charge in [-0.1, -0.05) is 30.3 Å². The van der Waals surface area contributed by atoms with Gasteiger partial charge in [-0.2, -0.15) is 0 Å². The molecule has 1 unspecified atom stereocenters. The van der Waals surface area contributed by atoms with Crippen molar-refractivity contribution >= 4 is 11.8 Å². The molecule has 166 valence electrons. The molecule has 0 spiro atoms. The van der Waals surface area contributed by atoms with E-state index in [1.165, 1.54) is 0 Å². The number of fused-ring (bicyclic) bond motifs is 1. The first-order valence-corrected chi connectivity index (χ1v) is 10.9. The fraction of sp³-hybridized carbons (Fsp3) is 0.440. The Bertz CT molecular complexity index is 925. The fourth-order valence-corrected chi connectivity index (χ4v) is 3.60. The maximum Gasteiger partial charge on any atom is 0.242 e. The van der Waals surface area contributed by atoms with Gasteiger partial charge in [-0.05, 0) is 62.9 Å². The van der Waals surface area contributed by atoms with Crippen LogP contribution in [0.5, 0.6) is 11.5 Å².